The highest BCUT2D eigenvalue weighted by molar-refractivity contribution is 5.93. The monoisotopic (exact) mass is 402 g/mol. The van der Waals surface area contributed by atoms with Crippen molar-refractivity contribution in [3.05, 3.63) is 34.4 Å². The van der Waals surface area contributed by atoms with Crippen molar-refractivity contribution in [3.63, 3.8) is 0 Å². The second-order valence-corrected chi connectivity index (χ2v) is 10.6. The highest BCUT2D eigenvalue weighted by atomic mass is 16.6. The Bertz CT molecular complexity index is 688. The van der Waals surface area contributed by atoms with Gasteiger partial charge in [-0.05, 0) is 66.0 Å². The minimum Gasteiger partial charge on any atom is -0.456 e. The van der Waals surface area contributed by atoms with Gasteiger partial charge in [-0.3, -0.25) is 0 Å². The molecule has 0 spiro atoms. The van der Waals surface area contributed by atoms with Crippen LogP contribution in [0.15, 0.2) is 12.1 Å². The van der Waals surface area contributed by atoms with Crippen molar-refractivity contribution in [3.8, 4) is 0 Å². The number of hydrogen-bond donors (Lipinski definition) is 1. The van der Waals surface area contributed by atoms with E-state index in [1.165, 1.54) is 5.56 Å². The highest BCUT2D eigenvalue weighted by Gasteiger charge is 2.41. The normalized spacial score (nSPS) is 25.3. The fraction of sp³-hybridized carbons (Fsp3) is 0.731. The maximum absolute atomic E-state index is 13.5. The fourth-order valence-electron chi connectivity index (χ4n) is 4.70. The van der Waals surface area contributed by atoms with E-state index in [-0.39, 0.29) is 23.7 Å². The average molecular weight is 403 g/mol. The number of aliphatic hydroxyl groups is 1. The molecule has 1 saturated carbocycles. The Balaban J connectivity index is 2.39. The molecule has 1 aromatic rings. The van der Waals surface area contributed by atoms with Crippen LogP contribution in [0, 0.1) is 11.8 Å². The summed E-state index contributed by atoms with van der Waals surface area (Å²) in [5.41, 5.74) is 3.55. The van der Waals surface area contributed by atoms with Gasteiger partial charge in [-0.15, -0.1) is 0 Å². The van der Waals surface area contributed by atoms with E-state index in [4.69, 9.17) is 4.74 Å². The molecule has 3 heteroatoms. The molecule has 1 aliphatic rings. The largest absolute Gasteiger partial charge is 0.456 e. The molecule has 29 heavy (non-hydrogen) atoms. The number of ether oxygens (including phenoxy) is 1. The van der Waals surface area contributed by atoms with Crippen molar-refractivity contribution >= 4 is 5.97 Å². The predicted molar refractivity (Wildman–Crippen MR) is 121 cm³/mol. The summed E-state index contributed by atoms with van der Waals surface area (Å²) in [6.45, 7) is 19.2. The lowest BCUT2D eigenvalue weighted by atomic mass is 9.73. The number of carbonyl (C=O) groups excluding carboxylic acids is 1. The Hall–Kier alpha value is -1.35. The number of aliphatic hydroxyl groups excluding tert-OH is 1. The molecule has 1 aliphatic carbocycles. The quantitative estimate of drug-likeness (QED) is 0.533. The molecular formula is C26H42O3. The van der Waals surface area contributed by atoms with Gasteiger partial charge in [0, 0.05) is 6.42 Å². The topological polar surface area (TPSA) is 46.5 Å². The van der Waals surface area contributed by atoms with E-state index in [1.807, 2.05) is 6.92 Å². The zero-order valence-corrected chi connectivity index (χ0v) is 20.0. The summed E-state index contributed by atoms with van der Waals surface area (Å²) in [5, 5.41) is 10.7. The van der Waals surface area contributed by atoms with Gasteiger partial charge in [0.1, 0.15) is 5.60 Å². The van der Waals surface area contributed by atoms with Crippen molar-refractivity contribution in [2.24, 2.45) is 11.8 Å². The maximum Gasteiger partial charge on any atom is 0.339 e. The summed E-state index contributed by atoms with van der Waals surface area (Å²) in [7, 11) is 0. The van der Waals surface area contributed by atoms with Crippen LogP contribution in [0.25, 0.3) is 0 Å². The molecule has 0 aromatic heterocycles. The van der Waals surface area contributed by atoms with Crippen molar-refractivity contribution < 1.29 is 14.6 Å². The van der Waals surface area contributed by atoms with Crippen LogP contribution in [-0.2, 0) is 4.74 Å². The van der Waals surface area contributed by atoms with Gasteiger partial charge >= 0.3 is 5.97 Å². The lowest BCUT2D eigenvalue weighted by molar-refractivity contribution is -0.0817. The molecule has 164 valence electrons. The van der Waals surface area contributed by atoms with E-state index in [2.05, 4.69) is 67.5 Å². The van der Waals surface area contributed by atoms with E-state index in [9.17, 15) is 9.90 Å². The third-order valence-corrected chi connectivity index (χ3v) is 6.67. The van der Waals surface area contributed by atoms with Crippen LogP contribution in [0.2, 0.25) is 0 Å². The lowest BCUT2D eigenvalue weighted by Crippen LogP contribution is -2.44. The van der Waals surface area contributed by atoms with Gasteiger partial charge in [0.05, 0.1) is 11.7 Å². The van der Waals surface area contributed by atoms with Gasteiger partial charge in [-0.25, -0.2) is 4.79 Å². The van der Waals surface area contributed by atoms with Crippen LogP contribution in [0.4, 0.5) is 0 Å². The molecule has 1 aromatic carbocycles. The number of carbonyl (C=O) groups is 1. The molecule has 0 amide bonds. The SMILES string of the molecule is CC(C)c1cc(C(C)C)c(C(=O)O[C@]2(C)CC[C@@H](C(C)C)[C@H](O)C2)c(C(C)C)c1. The van der Waals surface area contributed by atoms with Crippen LogP contribution in [0.1, 0.15) is 126 Å². The van der Waals surface area contributed by atoms with E-state index in [0.29, 0.717) is 18.3 Å². The molecule has 0 unspecified atom stereocenters. The molecule has 1 N–H and O–H groups in total. The summed E-state index contributed by atoms with van der Waals surface area (Å²) in [4.78, 5) is 13.5. The number of hydrogen-bond acceptors (Lipinski definition) is 3. The molecule has 0 radical (unpaired) electrons. The summed E-state index contributed by atoms with van der Waals surface area (Å²) in [6.07, 6.45) is 1.79. The Kier molecular flexibility index (Phi) is 7.59. The van der Waals surface area contributed by atoms with Gasteiger partial charge in [0.2, 0.25) is 0 Å². The van der Waals surface area contributed by atoms with Crippen molar-refractivity contribution in [2.75, 3.05) is 0 Å². The van der Waals surface area contributed by atoms with Gasteiger partial charge in [0.25, 0.3) is 0 Å². The lowest BCUT2D eigenvalue weighted by Gasteiger charge is -2.41. The van der Waals surface area contributed by atoms with E-state index in [1.54, 1.807) is 0 Å². The molecule has 0 saturated heterocycles. The highest BCUT2D eigenvalue weighted by Crippen LogP contribution is 2.40. The zero-order valence-electron chi connectivity index (χ0n) is 20.0. The van der Waals surface area contributed by atoms with Gasteiger partial charge < -0.3 is 9.84 Å². The molecule has 0 aliphatic heterocycles. The van der Waals surface area contributed by atoms with Crippen LogP contribution >= 0.6 is 0 Å². The van der Waals surface area contributed by atoms with Crippen molar-refractivity contribution in [2.45, 2.75) is 111 Å². The summed E-state index contributed by atoms with van der Waals surface area (Å²) >= 11 is 0. The van der Waals surface area contributed by atoms with E-state index < -0.39 is 11.7 Å². The number of rotatable bonds is 6. The first-order valence-electron chi connectivity index (χ1n) is 11.5. The first-order chi connectivity index (χ1) is 13.4. The summed E-state index contributed by atoms with van der Waals surface area (Å²) < 4.78 is 6.15. The molecule has 3 atom stereocenters. The minimum absolute atomic E-state index is 0.231. The second-order valence-electron chi connectivity index (χ2n) is 10.6. The fourth-order valence-corrected chi connectivity index (χ4v) is 4.70. The third-order valence-electron chi connectivity index (χ3n) is 6.67. The summed E-state index contributed by atoms with van der Waals surface area (Å²) in [5.74, 6) is 1.38. The first-order valence-corrected chi connectivity index (χ1v) is 11.5. The first kappa shape index (κ1) is 23.9. The molecule has 2 rings (SSSR count). The molecular weight excluding hydrogens is 360 g/mol. The van der Waals surface area contributed by atoms with Crippen LogP contribution < -0.4 is 0 Å². The second kappa shape index (κ2) is 9.20. The average Bonchev–Trinajstić information content (AvgIpc) is 2.59. The standard InChI is InChI=1S/C26H42O3/c1-15(2)19-12-21(17(5)6)24(22(13-19)18(7)8)25(28)29-26(9)11-10-20(16(3)4)23(27)14-26/h12-13,15-18,20,23,27H,10-11,14H2,1-9H3/t20-,23+,26+/m0/s1. The minimum atomic E-state index is -0.610. The van der Waals surface area contributed by atoms with Gasteiger partial charge in [-0.1, -0.05) is 67.5 Å². The van der Waals surface area contributed by atoms with E-state index >= 15 is 0 Å². The Labute approximate surface area is 178 Å². The Morgan fingerprint density at radius 1 is 1.00 bits per heavy atom. The number of esters is 1. The maximum atomic E-state index is 13.5. The number of benzene rings is 1. The van der Waals surface area contributed by atoms with Crippen molar-refractivity contribution in [1.29, 1.82) is 0 Å². The van der Waals surface area contributed by atoms with Gasteiger partial charge in [-0.2, -0.15) is 0 Å². The Morgan fingerprint density at radius 3 is 1.90 bits per heavy atom. The van der Waals surface area contributed by atoms with Gasteiger partial charge in [0.15, 0.2) is 0 Å². The van der Waals surface area contributed by atoms with E-state index in [0.717, 1.165) is 29.5 Å². The predicted octanol–water partition coefficient (Wildman–Crippen LogP) is 6.79. The van der Waals surface area contributed by atoms with Crippen molar-refractivity contribution in [1.82, 2.24) is 0 Å². The third kappa shape index (κ3) is 5.42. The summed E-state index contributed by atoms with van der Waals surface area (Å²) in [6, 6.07) is 4.37. The van der Waals surface area contributed by atoms with Crippen LogP contribution in [0.3, 0.4) is 0 Å². The zero-order chi connectivity index (χ0) is 22.1. The van der Waals surface area contributed by atoms with Crippen LogP contribution in [-0.4, -0.2) is 22.8 Å². The molecule has 0 bridgehead atoms. The molecule has 3 nitrogen and oxygen atoms in total. The van der Waals surface area contributed by atoms with Crippen LogP contribution in [0.5, 0.6) is 0 Å². The Morgan fingerprint density at radius 2 is 1.52 bits per heavy atom. The smallest absolute Gasteiger partial charge is 0.339 e. The molecule has 0 heterocycles. The molecule has 1 fully saturated rings.